The topological polar surface area (TPSA) is 117 Å². The van der Waals surface area contributed by atoms with Crippen LogP contribution in [0.1, 0.15) is 6.92 Å². The lowest BCUT2D eigenvalue weighted by Gasteiger charge is -2.14. The molecular weight excluding hydrogens is 286 g/mol. The van der Waals surface area contributed by atoms with Gasteiger partial charge in [0.2, 0.25) is 21.5 Å². The summed E-state index contributed by atoms with van der Waals surface area (Å²) in [5.41, 5.74) is -0.408. The molecule has 0 saturated carbocycles. The van der Waals surface area contributed by atoms with Crippen molar-refractivity contribution >= 4 is 15.9 Å². The van der Waals surface area contributed by atoms with Crippen LogP contribution in [0, 0.1) is 0 Å². The van der Waals surface area contributed by atoms with E-state index in [1.165, 1.54) is 14.0 Å². The Labute approximate surface area is 116 Å². The molecule has 0 aliphatic rings. The van der Waals surface area contributed by atoms with Gasteiger partial charge in [0.1, 0.15) is 0 Å². The monoisotopic (exact) mass is 303 g/mol. The minimum atomic E-state index is -3.86. The number of pyridine rings is 1. The van der Waals surface area contributed by atoms with Gasteiger partial charge in [0.25, 0.3) is 0 Å². The number of hydrogen-bond acceptors (Lipinski definition) is 5. The zero-order chi connectivity index (χ0) is 15.2. The van der Waals surface area contributed by atoms with Crippen molar-refractivity contribution in [3.05, 3.63) is 28.7 Å². The summed E-state index contributed by atoms with van der Waals surface area (Å²) in [6.45, 7) is 2.05. The Morgan fingerprint density at radius 1 is 1.45 bits per heavy atom. The average molecular weight is 303 g/mol. The van der Waals surface area contributed by atoms with E-state index in [0.29, 0.717) is 13.2 Å². The third-order valence-electron chi connectivity index (χ3n) is 2.40. The van der Waals surface area contributed by atoms with Crippen molar-refractivity contribution in [2.24, 2.45) is 0 Å². The highest BCUT2D eigenvalue weighted by molar-refractivity contribution is 7.89. The fraction of sp³-hybridized carbons (Fsp3) is 0.455. The molecule has 1 aromatic heterocycles. The maximum Gasteiger partial charge on any atom is 0.247 e. The van der Waals surface area contributed by atoms with Crippen LogP contribution in [-0.4, -0.2) is 45.6 Å². The van der Waals surface area contributed by atoms with Crippen molar-refractivity contribution in [2.75, 3.05) is 20.3 Å². The van der Waals surface area contributed by atoms with E-state index in [1.54, 1.807) is 0 Å². The Morgan fingerprint density at radius 3 is 2.70 bits per heavy atom. The van der Waals surface area contributed by atoms with E-state index in [1.807, 2.05) is 0 Å². The summed E-state index contributed by atoms with van der Waals surface area (Å²) in [4.78, 5) is 24.7. The molecule has 9 heteroatoms. The zero-order valence-corrected chi connectivity index (χ0v) is 12.0. The van der Waals surface area contributed by atoms with Crippen molar-refractivity contribution in [1.29, 1.82) is 0 Å². The summed E-state index contributed by atoms with van der Waals surface area (Å²) >= 11 is 0. The molecule has 1 aromatic rings. The molecule has 0 radical (unpaired) electrons. The average Bonchev–Trinajstić information content (AvgIpc) is 2.38. The van der Waals surface area contributed by atoms with Gasteiger partial charge < -0.3 is 15.0 Å². The van der Waals surface area contributed by atoms with Gasteiger partial charge in [-0.15, -0.1) is 0 Å². The minimum absolute atomic E-state index is 0.117. The lowest BCUT2D eigenvalue weighted by atomic mass is 10.3. The number of nitrogens with one attached hydrogen (secondary N) is 3. The van der Waals surface area contributed by atoms with Crippen LogP contribution in [0.3, 0.4) is 0 Å². The standard InChI is InChI=1S/C11H17N3O5S/c1-8(11(16)12-5-6-19-2)14-20(17,18)9-3-4-10(15)13-7-9/h3-4,7-8,14H,5-6H2,1-2H3,(H,12,16)(H,13,15). The highest BCUT2D eigenvalue weighted by Crippen LogP contribution is 2.05. The first kappa shape index (κ1) is 16.3. The molecule has 0 bridgehead atoms. The smallest absolute Gasteiger partial charge is 0.247 e. The van der Waals surface area contributed by atoms with E-state index in [-0.39, 0.29) is 4.90 Å². The molecule has 0 aliphatic heterocycles. The van der Waals surface area contributed by atoms with Crippen molar-refractivity contribution in [3.63, 3.8) is 0 Å². The van der Waals surface area contributed by atoms with E-state index in [2.05, 4.69) is 15.0 Å². The second kappa shape index (κ2) is 7.17. The Bertz CT molecular complexity index is 590. The first-order valence-electron chi connectivity index (χ1n) is 5.84. The SMILES string of the molecule is COCCNC(=O)C(C)NS(=O)(=O)c1ccc(=O)[nH]c1. The summed E-state index contributed by atoms with van der Waals surface area (Å²) in [5.74, 6) is -0.463. The number of hydrogen-bond donors (Lipinski definition) is 3. The molecule has 1 rings (SSSR count). The lowest BCUT2D eigenvalue weighted by Crippen LogP contribution is -2.45. The second-order valence-electron chi connectivity index (χ2n) is 4.02. The first-order valence-corrected chi connectivity index (χ1v) is 7.33. The maximum atomic E-state index is 12.0. The molecule has 0 spiro atoms. The Balaban J connectivity index is 2.68. The van der Waals surface area contributed by atoms with Crippen molar-refractivity contribution in [3.8, 4) is 0 Å². The Morgan fingerprint density at radius 2 is 2.15 bits per heavy atom. The van der Waals surface area contributed by atoms with E-state index in [4.69, 9.17) is 4.74 Å². The van der Waals surface area contributed by atoms with Crippen LogP contribution >= 0.6 is 0 Å². The highest BCUT2D eigenvalue weighted by atomic mass is 32.2. The molecule has 20 heavy (non-hydrogen) atoms. The summed E-state index contributed by atoms with van der Waals surface area (Å²) in [6.07, 6.45) is 1.07. The molecule has 0 aromatic carbocycles. The van der Waals surface area contributed by atoms with Crippen LogP contribution in [0.4, 0.5) is 0 Å². The van der Waals surface area contributed by atoms with Crippen LogP contribution < -0.4 is 15.6 Å². The van der Waals surface area contributed by atoms with E-state index in [0.717, 1.165) is 18.3 Å². The molecular formula is C11H17N3O5S. The molecule has 0 fully saturated rings. The van der Waals surface area contributed by atoms with Crippen LogP contribution in [0.25, 0.3) is 0 Å². The van der Waals surface area contributed by atoms with E-state index < -0.39 is 27.5 Å². The van der Waals surface area contributed by atoms with Crippen LogP contribution in [0.5, 0.6) is 0 Å². The predicted molar refractivity (Wildman–Crippen MR) is 71.7 cm³/mol. The number of carbonyl (C=O) groups excluding carboxylic acids is 1. The number of sulfonamides is 1. The van der Waals surface area contributed by atoms with Crippen LogP contribution in [0.15, 0.2) is 28.0 Å². The van der Waals surface area contributed by atoms with Gasteiger partial charge in [-0.3, -0.25) is 9.59 Å². The van der Waals surface area contributed by atoms with Gasteiger partial charge in [-0.05, 0) is 13.0 Å². The largest absolute Gasteiger partial charge is 0.383 e. The van der Waals surface area contributed by atoms with Gasteiger partial charge in [0, 0.05) is 25.9 Å². The van der Waals surface area contributed by atoms with Crippen LogP contribution in [-0.2, 0) is 19.6 Å². The number of carbonyl (C=O) groups is 1. The highest BCUT2D eigenvalue weighted by Gasteiger charge is 2.21. The van der Waals surface area contributed by atoms with Crippen molar-refractivity contribution < 1.29 is 17.9 Å². The maximum absolute atomic E-state index is 12.0. The number of aromatic nitrogens is 1. The molecule has 112 valence electrons. The number of rotatable bonds is 7. The third kappa shape index (κ3) is 4.76. The number of amides is 1. The molecule has 8 nitrogen and oxygen atoms in total. The van der Waals surface area contributed by atoms with Crippen LogP contribution in [0.2, 0.25) is 0 Å². The minimum Gasteiger partial charge on any atom is -0.383 e. The van der Waals surface area contributed by atoms with E-state index >= 15 is 0 Å². The molecule has 1 heterocycles. The third-order valence-corrected chi connectivity index (χ3v) is 3.93. The Kier molecular flexibility index (Phi) is 5.86. The van der Waals surface area contributed by atoms with Gasteiger partial charge >= 0.3 is 0 Å². The second-order valence-corrected chi connectivity index (χ2v) is 5.73. The lowest BCUT2D eigenvalue weighted by molar-refractivity contribution is -0.122. The first-order chi connectivity index (χ1) is 9.36. The number of methoxy groups -OCH3 is 1. The quantitative estimate of drug-likeness (QED) is 0.547. The fourth-order valence-electron chi connectivity index (χ4n) is 1.35. The molecule has 1 atom stereocenters. The molecule has 3 N–H and O–H groups in total. The van der Waals surface area contributed by atoms with Gasteiger partial charge in [0.15, 0.2) is 0 Å². The Hall–Kier alpha value is -1.71. The van der Waals surface area contributed by atoms with Crippen molar-refractivity contribution in [1.82, 2.24) is 15.0 Å². The molecule has 1 amide bonds. The summed E-state index contributed by atoms with van der Waals surface area (Å²) < 4.78 is 30.9. The molecule has 1 unspecified atom stereocenters. The van der Waals surface area contributed by atoms with Gasteiger partial charge in [-0.1, -0.05) is 0 Å². The predicted octanol–water partition coefficient (Wildman–Crippen LogP) is -1.20. The van der Waals surface area contributed by atoms with Gasteiger partial charge in [-0.25, -0.2) is 8.42 Å². The number of aromatic amines is 1. The number of ether oxygens (including phenoxy) is 1. The molecule has 0 saturated heterocycles. The van der Waals surface area contributed by atoms with Gasteiger partial charge in [-0.2, -0.15) is 4.72 Å². The normalized spacial score (nSPS) is 12.9. The van der Waals surface area contributed by atoms with E-state index in [9.17, 15) is 18.0 Å². The summed E-state index contributed by atoms with van der Waals surface area (Å²) in [7, 11) is -2.37. The molecule has 0 aliphatic carbocycles. The number of H-pyrrole nitrogens is 1. The summed E-state index contributed by atoms with van der Waals surface area (Å²) in [6, 6.07) is 1.32. The summed E-state index contributed by atoms with van der Waals surface area (Å²) in [5, 5.41) is 2.52. The van der Waals surface area contributed by atoms with Gasteiger partial charge in [0.05, 0.1) is 17.5 Å². The van der Waals surface area contributed by atoms with Crippen molar-refractivity contribution in [2.45, 2.75) is 17.9 Å². The fourth-order valence-corrected chi connectivity index (χ4v) is 2.52. The zero-order valence-electron chi connectivity index (χ0n) is 11.2.